The molecule has 2 aliphatic heterocycles. The van der Waals surface area contributed by atoms with Crippen LogP contribution in [-0.4, -0.2) is 67.5 Å². The highest BCUT2D eigenvalue weighted by molar-refractivity contribution is 6.30. The predicted octanol–water partition coefficient (Wildman–Crippen LogP) is 4.28. The first-order valence-corrected chi connectivity index (χ1v) is 10.3. The molecule has 6 nitrogen and oxygen atoms in total. The van der Waals surface area contributed by atoms with Crippen molar-refractivity contribution < 1.29 is 22.7 Å². The number of urea groups is 1. The largest absolute Gasteiger partial charge is 0.573 e. The van der Waals surface area contributed by atoms with Gasteiger partial charge in [-0.05, 0) is 42.5 Å². The summed E-state index contributed by atoms with van der Waals surface area (Å²) in [6.07, 6.45) is -4.69. The Balaban J connectivity index is 1.22. The predicted molar refractivity (Wildman–Crippen MR) is 113 cm³/mol. The molecule has 0 unspecified atom stereocenters. The van der Waals surface area contributed by atoms with Crippen molar-refractivity contribution in [1.82, 2.24) is 9.80 Å². The van der Waals surface area contributed by atoms with Crippen LogP contribution in [0, 0.1) is 0 Å². The lowest BCUT2D eigenvalue weighted by molar-refractivity contribution is -0.274. The molecule has 4 rings (SSSR count). The van der Waals surface area contributed by atoms with E-state index in [0.29, 0.717) is 29.8 Å². The van der Waals surface area contributed by atoms with Gasteiger partial charge in [0.25, 0.3) is 0 Å². The van der Waals surface area contributed by atoms with Crippen LogP contribution >= 0.6 is 11.6 Å². The van der Waals surface area contributed by atoms with Crippen LogP contribution in [0.4, 0.5) is 29.3 Å². The monoisotopic (exact) mass is 454 g/mol. The molecule has 2 fully saturated rings. The number of halogens is 4. The number of amides is 2. The van der Waals surface area contributed by atoms with Gasteiger partial charge >= 0.3 is 12.4 Å². The number of hydrogen-bond acceptors (Lipinski definition) is 4. The Hall–Kier alpha value is -2.65. The summed E-state index contributed by atoms with van der Waals surface area (Å²) in [6.45, 7) is 4.52. The van der Waals surface area contributed by atoms with Crippen LogP contribution in [0.2, 0.25) is 5.02 Å². The number of anilines is 2. The molecular formula is C21H22ClF3N4O2. The Kier molecular flexibility index (Phi) is 6.15. The van der Waals surface area contributed by atoms with E-state index in [4.69, 9.17) is 11.6 Å². The van der Waals surface area contributed by atoms with Gasteiger partial charge in [-0.2, -0.15) is 0 Å². The van der Waals surface area contributed by atoms with E-state index in [1.807, 2.05) is 0 Å². The number of ether oxygens (including phenoxy) is 1. The number of piperazine rings is 1. The molecule has 2 aliphatic rings. The number of benzene rings is 2. The van der Waals surface area contributed by atoms with Gasteiger partial charge in [-0.15, -0.1) is 13.2 Å². The molecule has 2 heterocycles. The maximum Gasteiger partial charge on any atom is 0.573 e. The number of nitrogens with zero attached hydrogens (tertiary/aromatic N) is 3. The van der Waals surface area contributed by atoms with Crippen molar-refractivity contribution in [2.45, 2.75) is 12.4 Å². The molecule has 0 atom stereocenters. The van der Waals surface area contributed by atoms with Crippen LogP contribution in [0.1, 0.15) is 0 Å². The summed E-state index contributed by atoms with van der Waals surface area (Å²) in [6, 6.07) is 13.2. The molecule has 2 aromatic carbocycles. The van der Waals surface area contributed by atoms with Crippen LogP contribution in [0.25, 0.3) is 0 Å². The van der Waals surface area contributed by atoms with E-state index in [2.05, 4.69) is 19.9 Å². The second-order valence-electron chi connectivity index (χ2n) is 7.56. The van der Waals surface area contributed by atoms with E-state index in [0.717, 1.165) is 31.9 Å². The van der Waals surface area contributed by atoms with Crippen LogP contribution in [0.15, 0.2) is 48.5 Å². The van der Waals surface area contributed by atoms with Gasteiger partial charge in [-0.3, -0.25) is 4.90 Å². The lowest BCUT2D eigenvalue weighted by Crippen LogP contribution is -2.64. The van der Waals surface area contributed by atoms with E-state index in [-0.39, 0.29) is 11.8 Å². The Morgan fingerprint density at radius 3 is 2.32 bits per heavy atom. The summed E-state index contributed by atoms with van der Waals surface area (Å²) < 4.78 is 40.8. The second kappa shape index (κ2) is 8.84. The molecule has 2 aromatic rings. The van der Waals surface area contributed by atoms with Crippen molar-refractivity contribution in [3.8, 4) is 5.75 Å². The smallest absolute Gasteiger partial charge is 0.406 e. The molecule has 10 heteroatoms. The summed E-state index contributed by atoms with van der Waals surface area (Å²) in [5.41, 5.74) is 1.53. The van der Waals surface area contributed by atoms with Gasteiger partial charge in [0.15, 0.2) is 0 Å². The third kappa shape index (κ3) is 5.54. The standard InChI is InChI=1S/C21H22ClF3N4O2/c22-15-2-1-3-16(12-15)26-20(30)29-13-18(14-29)28-10-8-27(9-11-28)17-4-6-19(7-5-17)31-21(23,24)25/h1-7,12,18H,8-11,13-14H2,(H,26,30). The van der Waals surface area contributed by atoms with Crippen LogP contribution in [0.5, 0.6) is 5.75 Å². The molecule has 2 amide bonds. The lowest BCUT2D eigenvalue weighted by Gasteiger charge is -2.48. The number of carbonyl (C=O) groups excluding carboxylic acids is 1. The van der Waals surface area contributed by atoms with E-state index < -0.39 is 6.36 Å². The van der Waals surface area contributed by atoms with Gasteiger partial charge in [-0.1, -0.05) is 17.7 Å². The molecule has 0 saturated carbocycles. The van der Waals surface area contributed by atoms with Crippen molar-refractivity contribution >= 4 is 29.0 Å². The summed E-state index contributed by atoms with van der Waals surface area (Å²) >= 11 is 5.94. The maximum atomic E-state index is 12.4. The van der Waals surface area contributed by atoms with E-state index in [9.17, 15) is 18.0 Å². The molecule has 0 bridgehead atoms. The average molecular weight is 455 g/mol. The van der Waals surface area contributed by atoms with Crippen molar-refractivity contribution in [3.05, 3.63) is 53.6 Å². The van der Waals surface area contributed by atoms with E-state index in [1.165, 1.54) is 12.1 Å². The van der Waals surface area contributed by atoms with Crippen LogP contribution < -0.4 is 15.0 Å². The number of hydrogen-bond donors (Lipinski definition) is 1. The molecule has 166 valence electrons. The average Bonchev–Trinajstić information content (AvgIpc) is 2.67. The highest BCUT2D eigenvalue weighted by Crippen LogP contribution is 2.27. The zero-order valence-electron chi connectivity index (χ0n) is 16.6. The quantitative estimate of drug-likeness (QED) is 0.749. The molecule has 2 saturated heterocycles. The fraction of sp³-hybridized carbons (Fsp3) is 0.381. The Labute approximate surface area is 183 Å². The van der Waals surface area contributed by atoms with Gasteiger partial charge in [0.2, 0.25) is 0 Å². The number of likely N-dealkylation sites (tertiary alicyclic amines) is 1. The fourth-order valence-corrected chi connectivity index (χ4v) is 4.02. The third-order valence-electron chi connectivity index (χ3n) is 5.49. The summed E-state index contributed by atoms with van der Waals surface area (Å²) in [5.74, 6) is -0.222. The maximum absolute atomic E-state index is 12.4. The topological polar surface area (TPSA) is 48.1 Å². The number of nitrogens with one attached hydrogen (secondary N) is 1. The number of carbonyl (C=O) groups is 1. The first-order chi connectivity index (χ1) is 14.8. The normalized spacial score (nSPS) is 17.9. The minimum atomic E-state index is -4.69. The fourth-order valence-electron chi connectivity index (χ4n) is 3.82. The third-order valence-corrected chi connectivity index (χ3v) is 5.73. The SMILES string of the molecule is O=C(Nc1cccc(Cl)c1)N1CC(N2CCN(c3ccc(OC(F)(F)F)cc3)CC2)C1. The van der Waals surface area contributed by atoms with Gasteiger partial charge in [0, 0.05) is 61.7 Å². The second-order valence-corrected chi connectivity index (χ2v) is 8.00. The Bertz CT molecular complexity index is 912. The molecule has 0 spiro atoms. The summed E-state index contributed by atoms with van der Waals surface area (Å²) in [7, 11) is 0. The van der Waals surface area contributed by atoms with Gasteiger partial charge in [-0.25, -0.2) is 4.79 Å². The van der Waals surface area contributed by atoms with Crippen LogP contribution in [-0.2, 0) is 0 Å². The van der Waals surface area contributed by atoms with E-state index >= 15 is 0 Å². The first-order valence-electron chi connectivity index (χ1n) is 9.93. The summed E-state index contributed by atoms with van der Waals surface area (Å²) in [5, 5.41) is 3.42. The Morgan fingerprint density at radius 2 is 1.71 bits per heavy atom. The molecule has 0 aliphatic carbocycles. The zero-order valence-corrected chi connectivity index (χ0v) is 17.4. The molecule has 0 radical (unpaired) electrons. The van der Waals surface area contributed by atoms with Gasteiger partial charge in [0.1, 0.15) is 5.75 Å². The van der Waals surface area contributed by atoms with Crippen molar-refractivity contribution in [1.29, 1.82) is 0 Å². The van der Waals surface area contributed by atoms with Crippen molar-refractivity contribution in [2.24, 2.45) is 0 Å². The van der Waals surface area contributed by atoms with E-state index in [1.54, 1.807) is 41.3 Å². The first kappa shape index (κ1) is 21.6. The zero-order chi connectivity index (χ0) is 22.0. The Morgan fingerprint density at radius 1 is 1.03 bits per heavy atom. The number of alkyl halides is 3. The van der Waals surface area contributed by atoms with Gasteiger partial charge < -0.3 is 19.9 Å². The molecular weight excluding hydrogens is 433 g/mol. The highest BCUT2D eigenvalue weighted by atomic mass is 35.5. The molecule has 31 heavy (non-hydrogen) atoms. The van der Waals surface area contributed by atoms with Crippen LogP contribution in [0.3, 0.4) is 0 Å². The molecule has 0 aromatic heterocycles. The summed E-state index contributed by atoms with van der Waals surface area (Å²) in [4.78, 5) is 18.6. The minimum Gasteiger partial charge on any atom is -0.406 e. The highest BCUT2D eigenvalue weighted by Gasteiger charge is 2.36. The molecule has 1 N–H and O–H groups in total. The lowest BCUT2D eigenvalue weighted by atomic mass is 10.1. The number of rotatable bonds is 4. The van der Waals surface area contributed by atoms with Crippen molar-refractivity contribution in [2.75, 3.05) is 49.5 Å². The van der Waals surface area contributed by atoms with Gasteiger partial charge in [0.05, 0.1) is 0 Å². The van der Waals surface area contributed by atoms with Crippen molar-refractivity contribution in [3.63, 3.8) is 0 Å². The minimum absolute atomic E-state index is 0.140.